The Morgan fingerprint density at radius 2 is 1.78 bits per heavy atom. The molecule has 0 saturated carbocycles. The van der Waals surface area contributed by atoms with Crippen LogP contribution in [0.15, 0.2) is 24.3 Å². The van der Waals surface area contributed by atoms with Crippen molar-refractivity contribution < 1.29 is 22.8 Å². The number of carbonyl (C=O) groups is 2. The Labute approximate surface area is 102 Å². The zero-order chi connectivity index (χ0) is 13.9. The van der Waals surface area contributed by atoms with Crippen molar-refractivity contribution in [2.24, 2.45) is 0 Å². The van der Waals surface area contributed by atoms with Crippen LogP contribution in [-0.4, -0.2) is 18.7 Å². The predicted molar refractivity (Wildman–Crippen MR) is 60.2 cm³/mol. The first-order valence-electron chi connectivity index (χ1n) is 5.15. The highest BCUT2D eigenvalue weighted by molar-refractivity contribution is 6.05. The van der Waals surface area contributed by atoms with Gasteiger partial charge in [-0.15, -0.1) is 0 Å². The van der Waals surface area contributed by atoms with Crippen LogP contribution >= 0.6 is 0 Å². The number of alkyl halides is 3. The number of anilines is 1. The van der Waals surface area contributed by atoms with E-state index < -0.39 is 29.9 Å². The van der Waals surface area contributed by atoms with Gasteiger partial charge >= 0.3 is 6.18 Å². The van der Waals surface area contributed by atoms with Gasteiger partial charge in [0.25, 0.3) is 0 Å². The lowest BCUT2D eigenvalue weighted by Crippen LogP contribution is -2.29. The Bertz CT molecular complexity index is 469. The molecule has 0 radical (unpaired) electrons. The number of carbonyl (C=O) groups excluding carboxylic acids is 2. The van der Waals surface area contributed by atoms with Crippen molar-refractivity contribution in [2.45, 2.75) is 19.5 Å². The van der Waals surface area contributed by atoms with E-state index in [-0.39, 0.29) is 5.69 Å². The lowest BCUT2D eigenvalue weighted by Gasteiger charge is -2.21. The third-order valence-corrected chi connectivity index (χ3v) is 2.35. The fraction of sp³-hybridized carbons (Fsp3) is 0.333. The lowest BCUT2D eigenvalue weighted by atomic mass is 10.1. The van der Waals surface area contributed by atoms with Gasteiger partial charge in [0.1, 0.15) is 5.78 Å². The Hall–Kier alpha value is -1.85. The molecule has 6 heteroatoms. The summed E-state index contributed by atoms with van der Waals surface area (Å²) in [5.74, 6) is -1.06. The van der Waals surface area contributed by atoms with E-state index in [1.54, 1.807) is 0 Å². The molecule has 0 N–H and O–H groups in total. The zero-order valence-corrected chi connectivity index (χ0v) is 9.91. The van der Waals surface area contributed by atoms with Crippen molar-refractivity contribution in [3.8, 4) is 0 Å². The monoisotopic (exact) mass is 259 g/mol. The van der Waals surface area contributed by atoms with E-state index in [1.165, 1.54) is 32.2 Å². The summed E-state index contributed by atoms with van der Waals surface area (Å²) in [6.45, 7) is 1.21. The molecule has 1 aromatic carbocycles. The smallest absolute Gasteiger partial charge is 0.315 e. The number of hydrogen-bond donors (Lipinski definition) is 0. The lowest BCUT2D eigenvalue weighted by molar-refractivity contribution is -0.137. The number of hydrogen-bond acceptors (Lipinski definition) is 2. The number of rotatable bonds is 3. The summed E-state index contributed by atoms with van der Waals surface area (Å²) in [4.78, 5) is 23.2. The van der Waals surface area contributed by atoms with Crippen LogP contribution in [0.4, 0.5) is 18.9 Å². The second kappa shape index (κ2) is 5.20. The van der Waals surface area contributed by atoms with Crippen LogP contribution in [-0.2, 0) is 15.8 Å². The normalized spacial score (nSPS) is 11.2. The first-order chi connectivity index (χ1) is 8.23. The summed E-state index contributed by atoms with van der Waals surface area (Å²) >= 11 is 0. The second-order valence-electron chi connectivity index (χ2n) is 3.85. The second-order valence-corrected chi connectivity index (χ2v) is 3.85. The van der Waals surface area contributed by atoms with Gasteiger partial charge in [-0.05, 0) is 19.1 Å². The van der Waals surface area contributed by atoms with Gasteiger partial charge in [0.15, 0.2) is 0 Å². The molecular weight excluding hydrogens is 247 g/mol. The van der Waals surface area contributed by atoms with Gasteiger partial charge < -0.3 is 4.90 Å². The van der Waals surface area contributed by atoms with Crippen LogP contribution in [0.1, 0.15) is 18.9 Å². The van der Waals surface area contributed by atoms with Crippen LogP contribution in [0.5, 0.6) is 0 Å². The molecule has 1 rings (SSSR count). The van der Waals surface area contributed by atoms with Crippen molar-refractivity contribution in [3.63, 3.8) is 0 Å². The molecule has 0 saturated heterocycles. The Kier molecular flexibility index (Phi) is 4.11. The standard InChI is InChI=1S/C12H12F3NO2/c1-8(17)7-11(18)16(2)10-6-4-3-5-9(10)12(13,14)15/h3-6H,7H2,1-2H3. The van der Waals surface area contributed by atoms with E-state index in [0.29, 0.717) is 0 Å². The number of halogens is 3. The molecule has 1 aromatic rings. The SMILES string of the molecule is CC(=O)CC(=O)N(C)c1ccccc1C(F)(F)F. The average molecular weight is 259 g/mol. The summed E-state index contributed by atoms with van der Waals surface area (Å²) in [5.41, 5.74) is -1.15. The Balaban J connectivity index is 3.10. The van der Waals surface area contributed by atoms with Gasteiger partial charge in [-0.1, -0.05) is 12.1 Å². The first-order valence-corrected chi connectivity index (χ1v) is 5.15. The molecule has 3 nitrogen and oxygen atoms in total. The molecule has 0 heterocycles. The average Bonchev–Trinajstić information content (AvgIpc) is 2.26. The minimum Gasteiger partial charge on any atom is -0.315 e. The van der Waals surface area contributed by atoms with Crippen LogP contribution in [0, 0.1) is 0 Å². The first kappa shape index (κ1) is 14.2. The molecule has 0 aliphatic carbocycles. The van der Waals surface area contributed by atoms with Crippen molar-refractivity contribution in [1.82, 2.24) is 0 Å². The van der Waals surface area contributed by atoms with E-state index in [1.807, 2.05) is 0 Å². The van der Waals surface area contributed by atoms with E-state index in [2.05, 4.69) is 0 Å². The number of amides is 1. The molecule has 0 unspecified atom stereocenters. The summed E-state index contributed by atoms with van der Waals surface area (Å²) in [6, 6.07) is 4.74. The van der Waals surface area contributed by atoms with Crippen molar-refractivity contribution >= 4 is 17.4 Å². The molecule has 0 spiro atoms. The summed E-state index contributed by atoms with van der Waals surface area (Å²) < 4.78 is 38.2. The number of para-hydroxylation sites is 1. The van der Waals surface area contributed by atoms with Crippen LogP contribution in [0.3, 0.4) is 0 Å². The topological polar surface area (TPSA) is 37.4 Å². The Morgan fingerprint density at radius 3 is 2.28 bits per heavy atom. The maximum absolute atomic E-state index is 12.7. The van der Waals surface area contributed by atoms with Gasteiger partial charge in [0.05, 0.1) is 17.7 Å². The molecule has 98 valence electrons. The fourth-order valence-corrected chi connectivity index (χ4v) is 1.47. The highest BCUT2D eigenvalue weighted by Gasteiger charge is 2.34. The number of Topliss-reactive ketones (excluding diaryl/α,β-unsaturated/α-hetero) is 1. The van der Waals surface area contributed by atoms with E-state index >= 15 is 0 Å². The van der Waals surface area contributed by atoms with Crippen molar-refractivity contribution in [2.75, 3.05) is 11.9 Å². The third-order valence-electron chi connectivity index (χ3n) is 2.35. The van der Waals surface area contributed by atoms with Gasteiger partial charge in [-0.3, -0.25) is 9.59 Å². The molecule has 0 aliphatic rings. The summed E-state index contributed by atoms with van der Waals surface area (Å²) in [7, 11) is 1.22. The van der Waals surface area contributed by atoms with Crippen LogP contribution in [0.25, 0.3) is 0 Å². The molecule has 0 bridgehead atoms. The molecule has 0 fully saturated rings. The van der Waals surface area contributed by atoms with E-state index in [0.717, 1.165) is 11.0 Å². The van der Waals surface area contributed by atoms with Crippen molar-refractivity contribution in [3.05, 3.63) is 29.8 Å². The molecule has 0 atom stereocenters. The zero-order valence-electron chi connectivity index (χ0n) is 9.91. The van der Waals surface area contributed by atoms with Gasteiger partial charge in [-0.2, -0.15) is 13.2 Å². The minimum absolute atomic E-state index is 0.253. The molecule has 0 aliphatic heterocycles. The molecule has 18 heavy (non-hydrogen) atoms. The van der Waals surface area contributed by atoms with E-state index in [4.69, 9.17) is 0 Å². The van der Waals surface area contributed by atoms with Gasteiger partial charge in [0.2, 0.25) is 5.91 Å². The fourth-order valence-electron chi connectivity index (χ4n) is 1.47. The molecule has 0 aromatic heterocycles. The van der Waals surface area contributed by atoms with E-state index in [9.17, 15) is 22.8 Å². The third kappa shape index (κ3) is 3.32. The summed E-state index contributed by atoms with van der Waals surface area (Å²) in [5, 5.41) is 0. The van der Waals surface area contributed by atoms with Crippen LogP contribution in [0.2, 0.25) is 0 Å². The maximum atomic E-state index is 12.7. The minimum atomic E-state index is -4.54. The van der Waals surface area contributed by atoms with Gasteiger partial charge in [-0.25, -0.2) is 0 Å². The summed E-state index contributed by atoms with van der Waals surface area (Å²) in [6.07, 6.45) is -4.95. The molecular formula is C12H12F3NO2. The quantitative estimate of drug-likeness (QED) is 0.782. The largest absolute Gasteiger partial charge is 0.418 e. The maximum Gasteiger partial charge on any atom is 0.418 e. The molecule has 1 amide bonds. The highest BCUT2D eigenvalue weighted by Crippen LogP contribution is 2.36. The van der Waals surface area contributed by atoms with Gasteiger partial charge in [0, 0.05) is 7.05 Å². The number of ketones is 1. The number of nitrogens with zero attached hydrogens (tertiary/aromatic N) is 1. The van der Waals surface area contributed by atoms with Crippen LogP contribution < -0.4 is 4.90 Å². The number of benzene rings is 1. The predicted octanol–water partition coefficient (Wildman–Crippen LogP) is 2.65. The Morgan fingerprint density at radius 1 is 1.22 bits per heavy atom. The highest BCUT2D eigenvalue weighted by atomic mass is 19.4. The van der Waals surface area contributed by atoms with Crippen molar-refractivity contribution in [1.29, 1.82) is 0 Å².